The summed E-state index contributed by atoms with van der Waals surface area (Å²) in [5.74, 6) is 0.814. The zero-order chi connectivity index (χ0) is 13.4. The van der Waals surface area contributed by atoms with E-state index < -0.39 is 0 Å². The Morgan fingerprint density at radius 1 is 1.21 bits per heavy atom. The van der Waals surface area contributed by atoms with Crippen LogP contribution in [0.3, 0.4) is 0 Å². The van der Waals surface area contributed by atoms with Gasteiger partial charge in [-0.05, 0) is 47.1 Å². The Hall–Kier alpha value is -1.88. The van der Waals surface area contributed by atoms with Gasteiger partial charge in [-0.1, -0.05) is 11.6 Å². The number of rotatable bonds is 2. The zero-order valence-electron chi connectivity index (χ0n) is 10.6. The normalized spacial score (nSPS) is 10.9. The van der Waals surface area contributed by atoms with Crippen molar-refractivity contribution in [3.63, 3.8) is 0 Å². The van der Waals surface area contributed by atoms with Gasteiger partial charge in [0.1, 0.15) is 10.4 Å². The number of aryl methyl sites for hydroxylation is 1. The molecule has 0 fully saturated rings. The molecular weight excluding hydrogens is 306 g/mol. The van der Waals surface area contributed by atoms with Crippen molar-refractivity contribution in [2.75, 3.05) is 7.11 Å². The Labute approximate surface area is 119 Å². The van der Waals surface area contributed by atoms with Crippen LogP contribution < -0.4 is 4.74 Å². The lowest BCUT2D eigenvalue weighted by molar-refractivity contribution is 0.416. The van der Waals surface area contributed by atoms with Gasteiger partial charge in [0, 0.05) is 5.56 Å². The van der Waals surface area contributed by atoms with Crippen molar-refractivity contribution in [1.82, 2.24) is 14.6 Å². The summed E-state index contributed by atoms with van der Waals surface area (Å²) in [6.07, 6.45) is 1.74. The number of imidazole rings is 1. The molecule has 0 amide bonds. The number of hydrogen-bond donors (Lipinski definition) is 0. The minimum absolute atomic E-state index is 0.808. The lowest BCUT2D eigenvalue weighted by atomic mass is 10.1. The molecule has 96 valence electrons. The summed E-state index contributed by atoms with van der Waals surface area (Å²) < 4.78 is 7.99. The molecule has 0 aliphatic carbocycles. The third-order valence-corrected chi connectivity index (χ3v) is 3.49. The average molecular weight is 318 g/mol. The summed E-state index contributed by atoms with van der Waals surface area (Å²) in [4.78, 5) is 4.24. The van der Waals surface area contributed by atoms with E-state index >= 15 is 0 Å². The molecule has 0 aliphatic rings. The molecule has 0 radical (unpaired) electrons. The van der Waals surface area contributed by atoms with E-state index in [1.54, 1.807) is 17.8 Å². The van der Waals surface area contributed by atoms with Gasteiger partial charge in [-0.25, -0.2) is 9.50 Å². The van der Waals surface area contributed by atoms with Crippen molar-refractivity contribution in [1.29, 1.82) is 0 Å². The molecule has 19 heavy (non-hydrogen) atoms. The number of methoxy groups -OCH3 is 1. The largest absolute Gasteiger partial charge is 0.496 e. The van der Waals surface area contributed by atoms with Crippen LogP contribution in [0, 0.1) is 6.92 Å². The maximum Gasteiger partial charge on any atom is 0.154 e. The molecule has 2 aromatic heterocycles. The van der Waals surface area contributed by atoms with E-state index in [0.717, 1.165) is 27.3 Å². The Morgan fingerprint density at radius 3 is 2.84 bits per heavy atom. The van der Waals surface area contributed by atoms with E-state index in [1.165, 1.54) is 5.56 Å². The molecule has 1 aromatic carbocycles. The number of benzene rings is 1. The van der Waals surface area contributed by atoms with Gasteiger partial charge in [0.2, 0.25) is 0 Å². The molecule has 4 nitrogen and oxygen atoms in total. The lowest BCUT2D eigenvalue weighted by Crippen LogP contribution is -1.96. The first kappa shape index (κ1) is 12.2. The molecule has 2 heterocycles. The van der Waals surface area contributed by atoms with Gasteiger partial charge < -0.3 is 4.74 Å². The van der Waals surface area contributed by atoms with E-state index in [2.05, 4.69) is 39.0 Å². The second-order valence-electron chi connectivity index (χ2n) is 4.27. The molecule has 0 saturated heterocycles. The summed E-state index contributed by atoms with van der Waals surface area (Å²) in [6, 6.07) is 9.94. The first-order valence-corrected chi connectivity index (χ1v) is 6.63. The van der Waals surface area contributed by atoms with Gasteiger partial charge >= 0.3 is 0 Å². The molecule has 0 saturated carbocycles. The second-order valence-corrected chi connectivity index (χ2v) is 5.09. The zero-order valence-corrected chi connectivity index (χ0v) is 12.2. The Bertz CT molecular complexity index is 752. The maximum atomic E-state index is 5.40. The highest BCUT2D eigenvalue weighted by atomic mass is 79.9. The van der Waals surface area contributed by atoms with Crippen LogP contribution in [0.1, 0.15) is 5.56 Å². The fourth-order valence-electron chi connectivity index (χ4n) is 2.01. The van der Waals surface area contributed by atoms with Gasteiger partial charge in [0.15, 0.2) is 5.65 Å². The molecular formula is C14H12BrN3O. The summed E-state index contributed by atoms with van der Waals surface area (Å²) in [6.45, 7) is 2.05. The molecule has 3 rings (SSSR count). The molecule has 0 atom stereocenters. The molecule has 0 unspecified atom stereocenters. The van der Waals surface area contributed by atoms with Crippen LogP contribution in [0.15, 0.2) is 41.1 Å². The van der Waals surface area contributed by atoms with E-state index in [-0.39, 0.29) is 0 Å². The predicted octanol–water partition coefficient (Wildman–Crippen LogP) is 3.48. The summed E-state index contributed by atoms with van der Waals surface area (Å²) in [5, 5.41) is 4.58. The highest BCUT2D eigenvalue weighted by Crippen LogP contribution is 2.29. The van der Waals surface area contributed by atoms with E-state index in [4.69, 9.17) is 4.74 Å². The molecule has 0 N–H and O–H groups in total. The Kier molecular flexibility index (Phi) is 2.98. The lowest BCUT2D eigenvalue weighted by Gasteiger charge is -2.09. The van der Waals surface area contributed by atoms with Crippen molar-refractivity contribution < 1.29 is 4.74 Å². The fraction of sp³-hybridized carbons (Fsp3) is 0.143. The van der Waals surface area contributed by atoms with Crippen molar-refractivity contribution in [2.24, 2.45) is 0 Å². The number of aromatic nitrogens is 3. The van der Waals surface area contributed by atoms with Gasteiger partial charge in [0.25, 0.3) is 0 Å². The van der Waals surface area contributed by atoms with Gasteiger partial charge in [-0.2, -0.15) is 5.10 Å². The summed E-state index contributed by atoms with van der Waals surface area (Å²) in [7, 11) is 1.67. The predicted molar refractivity (Wildman–Crippen MR) is 77.4 cm³/mol. The number of nitrogens with zero attached hydrogens (tertiary/aromatic N) is 3. The summed E-state index contributed by atoms with van der Waals surface area (Å²) >= 11 is 3.43. The van der Waals surface area contributed by atoms with Crippen LogP contribution >= 0.6 is 15.9 Å². The van der Waals surface area contributed by atoms with Crippen LogP contribution in [0.5, 0.6) is 5.75 Å². The number of halogens is 1. The van der Waals surface area contributed by atoms with Gasteiger partial charge in [-0.15, -0.1) is 0 Å². The monoisotopic (exact) mass is 317 g/mol. The van der Waals surface area contributed by atoms with Crippen LogP contribution in [-0.2, 0) is 0 Å². The second kappa shape index (κ2) is 4.66. The first-order valence-electron chi connectivity index (χ1n) is 5.84. The highest BCUT2D eigenvalue weighted by Gasteiger charge is 2.10. The smallest absolute Gasteiger partial charge is 0.154 e. The molecule has 0 spiro atoms. The van der Waals surface area contributed by atoms with Crippen molar-refractivity contribution >= 4 is 21.6 Å². The SMILES string of the molecule is COc1ccc(C)cc1-c1ccc2ncc(Br)n2n1. The van der Waals surface area contributed by atoms with Gasteiger partial charge in [-0.3, -0.25) is 0 Å². The number of fused-ring (bicyclic) bond motifs is 1. The molecule has 0 bridgehead atoms. The summed E-state index contributed by atoms with van der Waals surface area (Å²) in [5.41, 5.74) is 3.81. The van der Waals surface area contributed by atoms with Crippen molar-refractivity contribution in [3.8, 4) is 17.0 Å². The van der Waals surface area contributed by atoms with Crippen molar-refractivity contribution in [3.05, 3.63) is 46.7 Å². The first-order chi connectivity index (χ1) is 9.19. The van der Waals surface area contributed by atoms with Crippen LogP contribution in [-0.4, -0.2) is 21.7 Å². The number of hydrogen-bond acceptors (Lipinski definition) is 3. The van der Waals surface area contributed by atoms with Crippen LogP contribution in [0.4, 0.5) is 0 Å². The minimum Gasteiger partial charge on any atom is -0.496 e. The highest BCUT2D eigenvalue weighted by molar-refractivity contribution is 9.10. The van der Waals surface area contributed by atoms with Crippen LogP contribution in [0.2, 0.25) is 0 Å². The minimum atomic E-state index is 0.808. The van der Waals surface area contributed by atoms with Crippen LogP contribution in [0.25, 0.3) is 16.9 Å². The molecule has 0 aliphatic heterocycles. The third kappa shape index (κ3) is 2.10. The van der Waals surface area contributed by atoms with E-state index in [0.29, 0.717) is 0 Å². The standard InChI is InChI=1S/C14H12BrN3O/c1-9-3-5-12(19-2)10(7-9)11-4-6-14-16-8-13(15)18(14)17-11/h3-8H,1-2H3. The quantitative estimate of drug-likeness (QED) is 0.726. The average Bonchev–Trinajstić information content (AvgIpc) is 2.80. The Morgan fingerprint density at radius 2 is 2.05 bits per heavy atom. The number of ether oxygens (including phenoxy) is 1. The topological polar surface area (TPSA) is 39.4 Å². The van der Waals surface area contributed by atoms with E-state index in [1.807, 2.05) is 24.3 Å². The Balaban J connectivity index is 2.23. The van der Waals surface area contributed by atoms with Gasteiger partial charge in [0.05, 0.1) is 19.0 Å². The molecule has 5 heteroatoms. The van der Waals surface area contributed by atoms with E-state index in [9.17, 15) is 0 Å². The maximum absolute atomic E-state index is 5.40. The van der Waals surface area contributed by atoms with Crippen molar-refractivity contribution in [2.45, 2.75) is 6.92 Å². The third-order valence-electron chi connectivity index (χ3n) is 2.95. The molecule has 3 aromatic rings. The fourth-order valence-corrected chi connectivity index (χ4v) is 2.37.